The monoisotopic (exact) mass is 275 g/mol. The molecule has 0 radical (unpaired) electrons. The van der Waals surface area contributed by atoms with Crippen LogP contribution in [0.15, 0.2) is 66.9 Å². The van der Waals surface area contributed by atoms with Crippen molar-refractivity contribution in [3.63, 3.8) is 0 Å². The Bertz CT molecular complexity index is 758. The van der Waals surface area contributed by atoms with Crippen molar-refractivity contribution in [2.24, 2.45) is 7.05 Å². The van der Waals surface area contributed by atoms with Gasteiger partial charge in [0.2, 0.25) is 0 Å². The van der Waals surface area contributed by atoms with Crippen LogP contribution >= 0.6 is 0 Å². The van der Waals surface area contributed by atoms with Gasteiger partial charge in [-0.05, 0) is 36.8 Å². The van der Waals surface area contributed by atoms with E-state index in [0.29, 0.717) is 12.0 Å². The maximum Gasteiger partial charge on any atom is 0.286 e. The summed E-state index contributed by atoms with van der Waals surface area (Å²) < 4.78 is 2.24. The number of allylic oxidation sites excluding steroid dienone is 2. The summed E-state index contributed by atoms with van der Waals surface area (Å²) in [5.74, 6) is 1.75. The molecule has 0 spiro atoms. The molecule has 0 amide bonds. The van der Waals surface area contributed by atoms with Gasteiger partial charge in [-0.3, -0.25) is 0 Å². The van der Waals surface area contributed by atoms with E-state index in [-0.39, 0.29) is 0 Å². The summed E-state index contributed by atoms with van der Waals surface area (Å²) in [4.78, 5) is 2.48. The van der Waals surface area contributed by atoms with Gasteiger partial charge in [-0.15, -0.1) is 0 Å². The first kappa shape index (κ1) is 12.4. The van der Waals surface area contributed by atoms with Crippen LogP contribution in [0.2, 0.25) is 0 Å². The van der Waals surface area contributed by atoms with Crippen LogP contribution < -0.4 is 9.47 Å². The van der Waals surface area contributed by atoms with Crippen molar-refractivity contribution >= 4 is 11.5 Å². The molecule has 2 unspecified atom stereocenters. The minimum Gasteiger partial charge on any atom is -0.237 e. The summed E-state index contributed by atoms with van der Waals surface area (Å²) in [5.41, 5.74) is 4.03. The number of hydrogen-bond donors (Lipinski definition) is 0. The van der Waals surface area contributed by atoms with E-state index in [1.54, 1.807) is 0 Å². The van der Waals surface area contributed by atoms with Crippen LogP contribution in [0.4, 0.5) is 11.5 Å². The van der Waals surface area contributed by atoms with E-state index in [1.165, 1.54) is 22.6 Å². The second-order valence-electron chi connectivity index (χ2n) is 5.84. The lowest BCUT2D eigenvalue weighted by Crippen LogP contribution is -2.38. The normalized spacial score (nSPS) is 22.3. The molecule has 104 valence electrons. The Kier molecular flexibility index (Phi) is 2.71. The van der Waals surface area contributed by atoms with Gasteiger partial charge in [-0.25, -0.2) is 9.47 Å². The maximum absolute atomic E-state index is 2.48. The molecular formula is C19H19N2+. The number of rotatable bonds is 1. The Morgan fingerprint density at radius 1 is 1.00 bits per heavy atom. The zero-order valence-corrected chi connectivity index (χ0v) is 12.4. The molecule has 0 N–H and O–H groups in total. The van der Waals surface area contributed by atoms with Crippen LogP contribution in [-0.2, 0) is 7.05 Å². The van der Waals surface area contributed by atoms with Gasteiger partial charge >= 0.3 is 0 Å². The molecule has 2 nitrogen and oxygen atoms in total. The topological polar surface area (TPSA) is 7.12 Å². The van der Waals surface area contributed by atoms with E-state index in [9.17, 15) is 0 Å². The summed E-state index contributed by atoms with van der Waals surface area (Å²) >= 11 is 0. The lowest BCUT2D eigenvalue weighted by molar-refractivity contribution is -0.658. The third-order valence-corrected chi connectivity index (χ3v) is 4.54. The highest BCUT2D eigenvalue weighted by molar-refractivity contribution is 5.72. The Balaban J connectivity index is 1.97. The van der Waals surface area contributed by atoms with Crippen LogP contribution in [0.5, 0.6) is 0 Å². The molecule has 1 aromatic carbocycles. The molecule has 2 heterocycles. The molecule has 0 bridgehead atoms. The van der Waals surface area contributed by atoms with E-state index < -0.39 is 0 Å². The molecule has 2 aromatic rings. The molecule has 1 aliphatic heterocycles. The molecule has 0 fully saturated rings. The number of nitrogens with zero attached hydrogens (tertiary/aromatic N) is 2. The molecule has 0 saturated heterocycles. The highest BCUT2D eigenvalue weighted by Gasteiger charge is 2.45. The SMILES string of the molecule is Cc1ccccc1N1c2c(ccc[n+]2C)C2C=CC=CC21. The van der Waals surface area contributed by atoms with E-state index >= 15 is 0 Å². The maximum atomic E-state index is 2.48. The number of hydrogen-bond acceptors (Lipinski definition) is 1. The van der Waals surface area contributed by atoms with Crippen molar-refractivity contribution in [2.75, 3.05) is 4.90 Å². The van der Waals surface area contributed by atoms with Crippen LogP contribution in [0, 0.1) is 6.92 Å². The van der Waals surface area contributed by atoms with E-state index in [1.807, 2.05) is 0 Å². The van der Waals surface area contributed by atoms with Gasteiger partial charge in [0.05, 0.1) is 24.7 Å². The first-order valence-corrected chi connectivity index (χ1v) is 7.46. The van der Waals surface area contributed by atoms with Gasteiger partial charge in [0.1, 0.15) is 11.7 Å². The van der Waals surface area contributed by atoms with Gasteiger partial charge in [0.25, 0.3) is 5.82 Å². The van der Waals surface area contributed by atoms with Crippen molar-refractivity contribution in [3.05, 3.63) is 78.0 Å². The van der Waals surface area contributed by atoms with Crippen molar-refractivity contribution in [2.45, 2.75) is 18.9 Å². The Hall–Kier alpha value is -2.35. The van der Waals surface area contributed by atoms with Crippen LogP contribution in [0.3, 0.4) is 0 Å². The fourth-order valence-electron chi connectivity index (χ4n) is 3.57. The Morgan fingerprint density at radius 3 is 2.67 bits per heavy atom. The van der Waals surface area contributed by atoms with Crippen molar-refractivity contribution in [3.8, 4) is 0 Å². The van der Waals surface area contributed by atoms with Gasteiger partial charge in [-0.2, -0.15) is 0 Å². The molecule has 2 heteroatoms. The first-order valence-electron chi connectivity index (χ1n) is 7.46. The molecule has 2 atom stereocenters. The van der Waals surface area contributed by atoms with Gasteiger partial charge < -0.3 is 0 Å². The standard InChI is InChI=1S/C19H19N2/c1-14-8-3-5-11-17(14)21-18-12-6-4-9-15(18)16-10-7-13-20(2)19(16)21/h3-13,15,18H,1-2H3/q+1. The summed E-state index contributed by atoms with van der Waals surface area (Å²) in [6, 6.07) is 13.4. The predicted octanol–water partition coefficient (Wildman–Crippen LogP) is 3.55. The fourth-order valence-corrected chi connectivity index (χ4v) is 3.57. The zero-order valence-electron chi connectivity index (χ0n) is 12.4. The third kappa shape index (κ3) is 1.75. The van der Waals surface area contributed by atoms with Gasteiger partial charge in [0, 0.05) is 0 Å². The second kappa shape index (κ2) is 4.59. The van der Waals surface area contributed by atoms with Crippen molar-refractivity contribution in [1.29, 1.82) is 0 Å². The molecule has 21 heavy (non-hydrogen) atoms. The number of pyridine rings is 1. The lowest BCUT2D eigenvalue weighted by atomic mass is 9.92. The zero-order chi connectivity index (χ0) is 14.4. The number of aryl methyl sites for hydroxylation is 2. The summed E-state index contributed by atoms with van der Waals surface area (Å²) in [5, 5.41) is 0. The van der Waals surface area contributed by atoms with E-state index in [0.717, 1.165) is 0 Å². The fraction of sp³-hybridized carbons (Fsp3) is 0.211. The molecule has 0 saturated carbocycles. The predicted molar refractivity (Wildman–Crippen MR) is 85.7 cm³/mol. The van der Waals surface area contributed by atoms with E-state index in [4.69, 9.17) is 0 Å². The minimum absolute atomic E-state index is 0.375. The lowest BCUT2D eigenvalue weighted by Gasteiger charge is -2.23. The van der Waals surface area contributed by atoms with E-state index in [2.05, 4.69) is 90.3 Å². The first-order chi connectivity index (χ1) is 10.3. The number of anilines is 2. The number of para-hydroxylation sites is 1. The second-order valence-corrected chi connectivity index (χ2v) is 5.84. The van der Waals surface area contributed by atoms with Crippen LogP contribution in [0.1, 0.15) is 17.0 Å². The highest BCUT2D eigenvalue weighted by Crippen LogP contribution is 2.46. The molecule has 1 aliphatic carbocycles. The molecular weight excluding hydrogens is 256 g/mol. The van der Waals surface area contributed by atoms with Crippen molar-refractivity contribution in [1.82, 2.24) is 0 Å². The molecule has 4 rings (SSSR count). The minimum atomic E-state index is 0.375. The quantitative estimate of drug-likeness (QED) is 0.722. The number of fused-ring (bicyclic) bond motifs is 3. The smallest absolute Gasteiger partial charge is 0.237 e. The molecule has 2 aliphatic rings. The number of aromatic nitrogens is 1. The number of benzene rings is 1. The third-order valence-electron chi connectivity index (χ3n) is 4.54. The largest absolute Gasteiger partial charge is 0.286 e. The average Bonchev–Trinajstić information content (AvgIpc) is 2.84. The summed E-state index contributed by atoms with van der Waals surface area (Å²) in [6.07, 6.45) is 11.1. The summed E-state index contributed by atoms with van der Waals surface area (Å²) in [7, 11) is 2.13. The van der Waals surface area contributed by atoms with Gasteiger partial charge in [0.15, 0.2) is 0 Å². The Morgan fingerprint density at radius 2 is 1.81 bits per heavy atom. The highest BCUT2D eigenvalue weighted by atomic mass is 15.3. The molecule has 1 aromatic heterocycles. The Labute approximate surface area is 125 Å². The summed E-state index contributed by atoms with van der Waals surface area (Å²) in [6.45, 7) is 2.19. The van der Waals surface area contributed by atoms with Crippen LogP contribution in [-0.4, -0.2) is 6.04 Å². The van der Waals surface area contributed by atoms with Crippen molar-refractivity contribution < 1.29 is 4.57 Å². The van der Waals surface area contributed by atoms with Gasteiger partial charge in [-0.1, -0.05) is 36.4 Å². The average molecular weight is 275 g/mol. The van der Waals surface area contributed by atoms with Crippen LogP contribution in [0.25, 0.3) is 0 Å².